The number of hydrogen-bond donors (Lipinski definition) is 4. The van der Waals surface area contributed by atoms with Gasteiger partial charge in [-0.05, 0) is 98.2 Å². The molecule has 0 aromatic carbocycles. The van der Waals surface area contributed by atoms with E-state index in [1.54, 1.807) is 18.3 Å². The Morgan fingerprint density at radius 3 is 2.19 bits per heavy atom. The van der Waals surface area contributed by atoms with Crippen molar-refractivity contribution >= 4 is 56.8 Å². The summed E-state index contributed by atoms with van der Waals surface area (Å²) in [4.78, 5) is 39.6. The highest BCUT2D eigenvalue weighted by Gasteiger charge is 2.19. The van der Waals surface area contributed by atoms with Crippen molar-refractivity contribution < 1.29 is 19.8 Å². The first-order chi connectivity index (χ1) is 20.1. The fourth-order valence-electron chi connectivity index (χ4n) is 5.30. The molecule has 3 aromatic heterocycles. The van der Waals surface area contributed by atoms with E-state index in [-0.39, 0.29) is 12.8 Å². The summed E-state index contributed by atoms with van der Waals surface area (Å²) in [5, 5.41) is 18.8. The zero-order valence-electron chi connectivity index (χ0n) is 24.5. The molecule has 4 N–H and O–H groups in total. The van der Waals surface area contributed by atoms with E-state index < -0.39 is 11.9 Å². The Balaban J connectivity index is 2.18. The molecule has 0 saturated heterocycles. The summed E-state index contributed by atoms with van der Waals surface area (Å²) >= 11 is 0. The zero-order chi connectivity index (χ0) is 30.6. The topological polar surface area (TPSA) is 132 Å². The molecule has 42 heavy (non-hydrogen) atoms. The van der Waals surface area contributed by atoms with E-state index in [9.17, 15) is 19.8 Å². The van der Waals surface area contributed by atoms with Crippen molar-refractivity contribution in [1.29, 1.82) is 0 Å². The largest absolute Gasteiger partial charge is 0.481 e. The van der Waals surface area contributed by atoms with Gasteiger partial charge in [0.15, 0.2) is 0 Å². The average Bonchev–Trinajstić information content (AvgIpc) is 3.51. The lowest BCUT2D eigenvalue weighted by atomic mass is 10.0. The van der Waals surface area contributed by atoms with Gasteiger partial charge in [-0.3, -0.25) is 14.6 Å². The van der Waals surface area contributed by atoms with E-state index in [0.29, 0.717) is 29.9 Å². The maximum atomic E-state index is 11.5. The Kier molecular flexibility index (Phi) is 9.06. The molecule has 0 atom stereocenters. The first-order valence-electron chi connectivity index (χ1n) is 13.8. The van der Waals surface area contributed by atoms with Gasteiger partial charge in [0.05, 0.1) is 17.1 Å². The fraction of sp³-hybridized carbons (Fsp3) is 0.235. The second-order valence-electron chi connectivity index (χ2n) is 10.2. The Morgan fingerprint density at radius 1 is 0.881 bits per heavy atom. The van der Waals surface area contributed by atoms with Crippen molar-refractivity contribution in [3.05, 3.63) is 95.1 Å². The Hall–Kier alpha value is -4.98. The minimum Gasteiger partial charge on any atom is -0.481 e. The number of carboxylic acids is 2. The van der Waals surface area contributed by atoms with Crippen LogP contribution in [0.5, 0.6) is 0 Å². The number of aromatic amines is 2. The van der Waals surface area contributed by atoms with Crippen LogP contribution in [-0.4, -0.2) is 42.1 Å². The van der Waals surface area contributed by atoms with E-state index >= 15 is 0 Å². The van der Waals surface area contributed by atoms with Crippen LogP contribution in [0.1, 0.15) is 72.4 Å². The number of nitrogens with one attached hydrogen (secondary N) is 2. The SMILES string of the molecule is C=C/C(=C\C)c1cc2[nH]c(cc3nc(cc4[nH]c(ccn1)c(C)c4CCC(=O)O)C(CCC(=O)O)=C3C)c(C=C)c2C. The highest BCUT2D eigenvalue weighted by atomic mass is 16.4. The molecule has 3 aromatic rings. The fourth-order valence-corrected chi connectivity index (χ4v) is 5.30. The van der Waals surface area contributed by atoms with Gasteiger partial charge in [0.1, 0.15) is 0 Å². The lowest BCUT2D eigenvalue weighted by molar-refractivity contribution is -0.137. The maximum Gasteiger partial charge on any atom is 0.303 e. The van der Waals surface area contributed by atoms with E-state index in [2.05, 4.69) is 23.1 Å². The molecule has 0 spiro atoms. The predicted octanol–water partition coefficient (Wildman–Crippen LogP) is 7.66. The number of fused-ring (bicyclic) bond motifs is 6. The Bertz CT molecular complexity index is 1820. The summed E-state index contributed by atoms with van der Waals surface area (Å²) in [6.45, 7) is 15.8. The van der Waals surface area contributed by atoms with Gasteiger partial charge in [0, 0.05) is 46.7 Å². The second kappa shape index (κ2) is 12.7. The van der Waals surface area contributed by atoms with Crippen LogP contribution in [0.2, 0.25) is 0 Å². The van der Waals surface area contributed by atoms with Gasteiger partial charge < -0.3 is 20.2 Å². The molecule has 4 heterocycles. The average molecular weight is 565 g/mol. The number of carbonyl (C=O) groups is 2. The van der Waals surface area contributed by atoms with Crippen molar-refractivity contribution in [3.8, 4) is 0 Å². The molecule has 0 radical (unpaired) electrons. The first kappa shape index (κ1) is 30.0. The minimum absolute atomic E-state index is 0.0269. The van der Waals surface area contributed by atoms with Crippen LogP contribution in [0.3, 0.4) is 0 Å². The summed E-state index contributed by atoms with van der Waals surface area (Å²) in [5.74, 6) is -1.77. The summed E-state index contributed by atoms with van der Waals surface area (Å²) in [6.07, 6.45) is 7.81. The predicted molar refractivity (Wildman–Crippen MR) is 170 cm³/mol. The number of H-pyrrole nitrogens is 2. The molecule has 8 heteroatoms. The summed E-state index contributed by atoms with van der Waals surface area (Å²) in [7, 11) is 0. The molecule has 1 aliphatic heterocycles. The summed E-state index contributed by atoms with van der Waals surface area (Å²) in [6, 6.07) is 7.69. The van der Waals surface area contributed by atoms with E-state index in [4.69, 9.17) is 9.97 Å². The number of rotatable bonds is 9. The van der Waals surface area contributed by atoms with Crippen LogP contribution in [0.4, 0.5) is 0 Å². The Morgan fingerprint density at radius 2 is 1.55 bits per heavy atom. The number of aliphatic carboxylic acids is 2. The molecule has 216 valence electrons. The zero-order valence-corrected chi connectivity index (χ0v) is 24.5. The molecule has 1 aliphatic rings. The molecular weight excluding hydrogens is 528 g/mol. The van der Waals surface area contributed by atoms with Crippen LogP contribution >= 0.6 is 0 Å². The molecule has 0 fully saturated rings. The number of hydrogen-bond acceptors (Lipinski definition) is 4. The summed E-state index contributed by atoms with van der Waals surface area (Å²) < 4.78 is 0. The molecule has 4 rings (SSSR count). The van der Waals surface area contributed by atoms with E-state index in [0.717, 1.165) is 61.0 Å². The maximum absolute atomic E-state index is 11.5. The van der Waals surface area contributed by atoms with Gasteiger partial charge in [-0.2, -0.15) is 0 Å². The normalized spacial score (nSPS) is 12.3. The molecule has 0 saturated carbocycles. The number of carboxylic acid groups (broad SMARTS) is 2. The second-order valence-corrected chi connectivity index (χ2v) is 10.2. The number of aryl methyl sites for hydroxylation is 3. The van der Waals surface area contributed by atoms with Crippen LogP contribution in [0.15, 0.2) is 55.8 Å². The molecular formula is C34H36N4O4. The third-order valence-corrected chi connectivity index (χ3v) is 7.71. The van der Waals surface area contributed by atoms with Gasteiger partial charge in [-0.15, -0.1) is 0 Å². The lowest BCUT2D eigenvalue weighted by Crippen LogP contribution is -1.98. The van der Waals surface area contributed by atoms with Gasteiger partial charge in [0.2, 0.25) is 0 Å². The number of aromatic nitrogens is 4. The van der Waals surface area contributed by atoms with Crippen LogP contribution in [0, 0.1) is 13.8 Å². The summed E-state index contributed by atoms with van der Waals surface area (Å²) in [5.41, 5.74) is 11.6. The molecule has 6 bridgehead atoms. The van der Waals surface area contributed by atoms with E-state index in [1.165, 1.54) is 0 Å². The van der Waals surface area contributed by atoms with Crippen molar-refractivity contribution in [2.75, 3.05) is 0 Å². The molecule has 0 amide bonds. The number of allylic oxidation sites excluding steroid dienone is 5. The standard InChI is InChI=1S/C34H36N4O4/c1-7-22(8-2)29-16-27-19(4)23(9-3)30(37-27)17-28-21(6)25(11-13-34(41)42)32(38-28)18-31-24(10-12-33(39)40)20(5)26(36-31)14-15-35-29/h7-9,14-18,36-37H,1,3,10-13H2,2,4-6H3,(H,39,40)(H,41,42)/b15-14?,22-8+,26-14?,27-16?,28-17?,29-16?,30-17?,31-18?,32-18?,35-15?,35-29?. The molecule has 8 nitrogen and oxygen atoms in total. The minimum atomic E-state index is -0.888. The van der Waals surface area contributed by atoms with E-state index in [1.807, 2.05) is 58.0 Å². The van der Waals surface area contributed by atoms with Crippen LogP contribution in [0.25, 0.3) is 44.9 Å². The number of nitrogens with zero attached hydrogens (tertiary/aromatic N) is 2. The van der Waals surface area contributed by atoms with Gasteiger partial charge in [-0.25, -0.2) is 4.98 Å². The molecule has 0 aliphatic carbocycles. The van der Waals surface area contributed by atoms with Gasteiger partial charge in [-0.1, -0.05) is 31.4 Å². The third kappa shape index (κ3) is 6.17. The van der Waals surface area contributed by atoms with Crippen LogP contribution in [-0.2, 0) is 16.0 Å². The third-order valence-electron chi connectivity index (χ3n) is 7.71. The quantitative estimate of drug-likeness (QED) is 0.197. The van der Waals surface area contributed by atoms with Crippen LogP contribution < -0.4 is 0 Å². The molecule has 0 unspecified atom stereocenters. The highest BCUT2D eigenvalue weighted by molar-refractivity contribution is 5.94. The van der Waals surface area contributed by atoms with Crippen molar-refractivity contribution in [2.45, 2.75) is 53.4 Å². The van der Waals surface area contributed by atoms with Gasteiger partial charge >= 0.3 is 11.9 Å². The van der Waals surface area contributed by atoms with Crippen molar-refractivity contribution in [3.63, 3.8) is 0 Å². The highest BCUT2D eigenvalue weighted by Crippen LogP contribution is 2.35. The van der Waals surface area contributed by atoms with Gasteiger partial charge in [0.25, 0.3) is 0 Å². The smallest absolute Gasteiger partial charge is 0.303 e. The first-order valence-corrected chi connectivity index (χ1v) is 13.8. The monoisotopic (exact) mass is 564 g/mol. The van der Waals surface area contributed by atoms with Crippen molar-refractivity contribution in [2.24, 2.45) is 0 Å². The van der Waals surface area contributed by atoms with Crippen molar-refractivity contribution in [1.82, 2.24) is 19.9 Å². The lowest BCUT2D eigenvalue weighted by Gasteiger charge is -2.03. The Labute approximate surface area is 244 Å².